The van der Waals surface area contributed by atoms with Gasteiger partial charge in [-0.1, -0.05) is 12.1 Å². The van der Waals surface area contributed by atoms with Gasteiger partial charge in [0.2, 0.25) is 5.95 Å². The highest BCUT2D eigenvalue weighted by molar-refractivity contribution is 5.90. The number of amides is 2. The van der Waals surface area contributed by atoms with Crippen LogP contribution in [0.15, 0.2) is 35.0 Å². The number of oxazole rings is 1. The van der Waals surface area contributed by atoms with E-state index in [9.17, 15) is 18.0 Å². The molecule has 8 nitrogen and oxygen atoms in total. The number of nitrogens with zero attached hydrogens (tertiary/aromatic N) is 4. The molecule has 2 aliphatic heterocycles. The Balaban J connectivity index is 1.25. The predicted octanol–water partition coefficient (Wildman–Crippen LogP) is 4.66. The third-order valence-electron chi connectivity index (χ3n) is 6.52. The zero-order valence-electron chi connectivity index (χ0n) is 18.6. The Morgan fingerprint density at radius 2 is 1.94 bits per heavy atom. The molecule has 2 bridgehead atoms. The Kier molecular flexibility index (Phi) is 5.88. The highest BCUT2D eigenvalue weighted by atomic mass is 19.4. The maximum absolute atomic E-state index is 13.1. The van der Waals surface area contributed by atoms with Crippen LogP contribution in [0.3, 0.4) is 0 Å². The summed E-state index contributed by atoms with van der Waals surface area (Å²) in [5.41, 5.74) is 1.48. The fourth-order valence-corrected chi connectivity index (χ4v) is 4.99. The van der Waals surface area contributed by atoms with Gasteiger partial charge in [-0.2, -0.15) is 13.2 Å². The number of halogens is 3. The lowest BCUT2D eigenvalue weighted by atomic mass is 9.97. The first-order valence-electron chi connectivity index (χ1n) is 11.3. The Morgan fingerprint density at radius 1 is 1.18 bits per heavy atom. The number of aromatic nitrogens is 3. The number of benzene rings is 1. The summed E-state index contributed by atoms with van der Waals surface area (Å²) < 4.78 is 42.9. The second kappa shape index (κ2) is 8.86. The lowest BCUT2D eigenvalue weighted by Crippen LogP contribution is -2.53. The van der Waals surface area contributed by atoms with Crippen molar-refractivity contribution in [3.8, 4) is 11.3 Å². The second-order valence-corrected chi connectivity index (χ2v) is 8.92. The van der Waals surface area contributed by atoms with Crippen LogP contribution in [0.4, 0.5) is 23.9 Å². The molecule has 0 saturated carbocycles. The van der Waals surface area contributed by atoms with Gasteiger partial charge in [0.25, 0.3) is 0 Å². The van der Waals surface area contributed by atoms with Crippen molar-refractivity contribution < 1.29 is 22.4 Å². The lowest BCUT2D eigenvalue weighted by Gasteiger charge is -2.39. The Bertz CT molecular complexity index is 1180. The highest BCUT2D eigenvalue weighted by Crippen LogP contribution is 2.36. The molecule has 4 heterocycles. The Labute approximate surface area is 194 Å². The number of nitrogens with one attached hydrogen (secondary N) is 2. The largest absolute Gasteiger partial charge is 0.441 e. The Hall–Kier alpha value is -3.21. The van der Waals surface area contributed by atoms with Gasteiger partial charge < -0.3 is 14.6 Å². The van der Waals surface area contributed by atoms with Gasteiger partial charge in [-0.15, -0.1) is 0 Å². The summed E-state index contributed by atoms with van der Waals surface area (Å²) in [7, 11) is 0. The number of alkyl halides is 3. The molecule has 2 aromatic heterocycles. The van der Waals surface area contributed by atoms with Crippen LogP contribution in [-0.4, -0.2) is 56.7 Å². The van der Waals surface area contributed by atoms with Gasteiger partial charge in [0, 0.05) is 48.7 Å². The SMILES string of the molecule is Cc1ncc(-c2ccc3cnc(NC(=O)N4[C@@H]5CC[C@H]4CC(NCCC(F)(F)F)C5)nc3c2)o1. The minimum absolute atomic E-state index is 0.0103. The number of hydrogen-bond acceptors (Lipinski definition) is 6. The summed E-state index contributed by atoms with van der Waals surface area (Å²) >= 11 is 0. The zero-order chi connectivity index (χ0) is 23.9. The van der Waals surface area contributed by atoms with Crippen molar-refractivity contribution in [1.82, 2.24) is 25.2 Å². The molecule has 2 saturated heterocycles. The van der Waals surface area contributed by atoms with Crippen molar-refractivity contribution in [3.05, 3.63) is 36.5 Å². The molecule has 0 spiro atoms. The van der Waals surface area contributed by atoms with Crippen molar-refractivity contribution in [3.63, 3.8) is 0 Å². The molecule has 3 aromatic rings. The minimum atomic E-state index is -4.17. The first-order chi connectivity index (χ1) is 16.2. The maximum atomic E-state index is 13.1. The zero-order valence-corrected chi connectivity index (χ0v) is 18.6. The maximum Gasteiger partial charge on any atom is 0.390 e. The average molecular weight is 474 g/mol. The normalized spacial score (nSPS) is 22.4. The second-order valence-electron chi connectivity index (χ2n) is 8.92. The number of hydrogen-bond donors (Lipinski definition) is 2. The number of rotatable bonds is 5. The molecule has 2 amide bonds. The van der Waals surface area contributed by atoms with Crippen molar-refractivity contribution in [1.29, 1.82) is 0 Å². The number of urea groups is 1. The first kappa shape index (κ1) is 22.6. The number of carbonyl (C=O) groups excluding carboxylic acids is 1. The molecule has 5 rings (SSSR count). The van der Waals surface area contributed by atoms with E-state index in [0.29, 0.717) is 30.0 Å². The number of aryl methyl sites for hydroxylation is 1. The first-order valence-corrected chi connectivity index (χ1v) is 11.3. The third kappa shape index (κ3) is 4.84. The number of carbonyl (C=O) groups is 1. The van der Waals surface area contributed by atoms with Gasteiger partial charge in [-0.3, -0.25) is 5.32 Å². The van der Waals surface area contributed by atoms with Crippen LogP contribution in [0.5, 0.6) is 0 Å². The van der Waals surface area contributed by atoms with Gasteiger partial charge >= 0.3 is 12.2 Å². The van der Waals surface area contributed by atoms with E-state index in [0.717, 1.165) is 23.8 Å². The number of anilines is 1. The fourth-order valence-electron chi connectivity index (χ4n) is 4.99. The van der Waals surface area contributed by atoms with Gasteiger partial charge in [-0.25, -0.2) is 19.7 Å². The molecule has 1 aromatic carbocycles. The monoisotopic (exact) mass is 474 g/mol. The van der Waals surface area contributed by atoms with Crippen molar-refractivity contribution in [2.24, 2.45) is 0 Å². The topological polar surface area (TPSA) is 96.2 Å². The van der Waals surface area contributed by atoms with E-state index in [1.54, 1.807) is 19.3 Å². The van der Waals surface area contributed by atoms with E-state index in [1.807, 2.05) is 23.1 Å². The van der Waals surface area contributed by atoms with Gasteiger partial charge in [0.15, 0.2) is 11.7 Å². The fraction of sp³-hybridized carbons (Fsp3) is 0.478. The molecule has 1 unspecified atom stereocenters. The molecule has 11 heteroatoms. The predicted molar refractivity (Wildman–Crippen MR) is 119 cm³/mol. The van der Waals surface area contributed by atoms with Crippen LogP contribution in [0.25, 0.3) is 22.2 Å². The molecule has 0 radical (unpaired) electrons. The molecular formula is C23H25F3N6O2. The number of piperidine rings is 1. The quantitative estimate of drug-likeness (QED) is 0.558. The van der Waals surface area contributed by atoms with Crippen molar-refractivity contribution in [2.45, 2.75) is 63.3 Å². The van der Waals surface area contributed by atoms with Crippen LogP contribution in [0, 0.1) is 6.92 Å². The van der Waals surface area contributed by atoms with Crippen molar-refractivity contribution >= 4 is 22.9 Å². The van der Waals surface area contributed by atoms with Crippen LogP contribution in [0.1, 0.15) is 38.0 Å². The lowest BCUT2D eigenvalue weighted by molar-refractivity contribution is -0.133. The average Bonchev–Trinajstić information content (AvgIpc) is 3.33. The molecule has 180 valence electrons. The minimum Gasteiger partial charge on any atom is -0.441 e. The van der Waals surface area contributed by atoms with E-state index in [4.69, 9.17) is 4.42 Å². The smallest absolute Gasteiger partial charge is 0.390 e. The van der Waals surface area contributed by atoms with Crippen LogP contribution in [-0.2, 0) is 0 Å². The number of fused-ring (bicyclic) bond motifs is 3. The summed E-state index contributed by atoms with van der Waals surface area (Å²) in [4.78, 5) is 27.8. The van der Waals surface area contributed by atoms with Crippen LogP contribution >= 0.6 is 0 Å². The van der Waals surface area contributed by atoms with Crippen molar-refractivity contribution in [2.75, 3.05) is 11.9 Å². The van der Waals surface area contributed by atoms with Gasteiger partial charge in [-0.05, 0) is 31.7 Å². The summed E-state index contributed by atoms with van der Waals surface area (Å²) in [6, 6.07) is 5.32. The Morgan fingerprint density at radius 3 is 2.62 bits per heavy atom. The molecule has 34 heavy (non-hydrogen) atoms. The summed E-state index contributed by atoms with van der Waals surface area (Å²) in [6.45, 7) is 1.68. The van der Waals surface area contributed by atoms with E-state index in [-0.39, 0.29) is 36.6 Å². The van der Waals surface area contributed by atoms with E-state index in [2.05, 4.69) is 25.6 Å². The third-order valence-corrected chi connectivity index (χ3v) is 6.52. The molecule has 3 atom stereocenters. The van der Waals surface area contributed by atoms with E-state index < -0.39 is 12.6 Å². The van der Waals surface area contributed by atoms with E-state index >= 15 is 0 Å². The standard InChI is InChI=1S/C23H25F3N6O2/c1-13-28-12-20(34-13)14-2-3-15-11-29-21(30-19(15)8-14)31-22(33)32-17-4-5-18(32)10-16(9-17)27-7-6-23(24,25)26/h2-3,8,11-12,16-18,27H,4-7,9-10H2,1H3,(H,29,30,31,33)/t16?,17-,18+. The van der Waals surface area contributed by atoms with E-state index in [1.165, 1.54) is 0 Å². The molecule has 2 fully saturated rings. The summed E-state index contributed by atoms with van der Waals surface area (Å²) in [5, 5.41) is 6.64. The molecule has 2 aliphatic rings. The summed E-state index contributed by atoms with van der Waals surface area (Å²) in [6.07, 6.45) is 1.25. The molecular weight excluding hydrogens is 449 g/mol. The van der Waals surface area contributed by atoms with Crippen LogP contribution < -0.4 is 10.6 Å². The molecule has 0 aliphatic carbocycles. The van der Waals surface area contributed by atoms with Crippen LogP contribution in [0.2, 0.25) is 0 Å². The van der Waals surface area contributed by atoms with Gasteiger partial charge in [0.1, 0.15) is 0 Å². The highest BCUT2D eigenvalue weighted by Gasteiger charge is 2.43. The summed E-state index contributed by atoms with van der Waals surface area (Å²) in [5.74, 6) is 1.40. The molecule has 2 N–H and O–H groups in total. The van der Waals surface area contributed by atoms with Gasteiger partial charge in [0.05, 0.1) is 18.1 Å².